The molecule has 0 amide bonds. The van der Waals surface area contributed by atoms with Gasteiger partial charge in [-0.15, -0.1) is 0 Å². The van der Waals surface area contributed by atoms with Crippen LogP contribution < -0.4 is 0 Å². The summed E-state index contributed by atoms with van der Waals surface area (Å²) in [5.74, 6) is -0.106. The van der Waals surface area contributed by atoms with Crippen molar-refractivity contribution < 1.29 is 4.39 Å². The number of benzene rings is 2. The zero-order chi connectivity index (χ0) is 11.4. The molecule has 0 aromatic heterocycles. The average molecular weight is 214 g/mol. The molecule has 0 N–H and O–H groups in total. The number of aryl methyl sites for hydroxylation is 3. The Balaban J connectivity index is 2.03. The quantitative estimate of drug-likeness (QED) is 0.726. The SMILES string of the molecule is Cc1ccc(CCc2ccccc2)cc1F. The number of halogens is 1. The lowest BCUT2D eigenvalue weighted by molar-refractivity contribution is 0.616. The summed E-state index contributed by atoms with van der Waals surface area (Å²) in [5.41, 5.74) is 3.07. The summed E-state index contributed by atoms with van der Waals surface area (Å²) in [6, 6.07) is 15.8. The van der Waals surface area contributed by atoms with Crippen molar-refractivity contribution in [3.8, 4) is 0 Å². The molecule has 2 aromatic rings. The lowest BCUT2D eigenvalue weighted by Gasteiger charge is -2.03. The fourth-order valence-corrected chi connectivity index (χ4v) is 1.73. The highest BCUT2D eigenvalue weighted by atomic mass is 19.1. The summed E-state index contributed by atoms with van der Waals surface area (Å²) in [6.07, 6.45) is 1.85. The maximum atomic E-state index is 13.3. The Kier molecular flexibility index (Phi) is 3.35. The third kappa shape index (κ3) is 2.69. The number of rotatable bonds is 3. The molecule has 0 saturated carbocycles. The summed E-state index contributed by atoms with van der Waals surface area (Å²) >= 11 is 0. The monoisotopic (exact) mass is 214 g/mol. The van der Waals surface area contributed by atoms with Crippen LogP contribution in [0.25, 0.3) is 0 Å². The number of hydrogen-bond acceptors (Lipinski definition) is 0. The third-order valence-electron chi connectivity index (χ3n) is 2.78. The molecule has 0 nitrogen and oxygen atoms in total. The largest absolute Gasteiger partial charge is 0.207 e. The zero-order valence-electron chi connectivity index (χ0n) is 9.41. The molecule has 2 rings (SSSR count). The Hall–Kier alpha value is -1.63. The molecule has 16 heavy (non-hydrogen) atoms. The molecule has 82 valence electrons. The predicted molar refractivity (Wildman–Crippen MR) is 65.0 cm³/mol. The predicted octanol–water partition coefficient (Wildman–Crippen LogP) is 3.92. The van der Waals surface area contributed by atoms with Crippen LogP contribution in [0.2, 0.25) is 0 Å². The Bertz CT molecular complexity index is 460. The van der Waals surface area contributed by atoms with Crippen molar-refractivity contribution >= 4 is 0 Å². The van der Waals surface area contributed by atoms with Crippen molar-refractivity contribution in [3.63, 3.8) is 0 Å². The molecule has 0 fully saturated rings. The van der Waals surface area contributed by atoms with E-state index in [9.17, 15) is 4.39 Å². The molecule has 0 saturated heterocycles. The first-order valence-corrected chi connectivity index (χ1v) is 5.54. The van der Waals surface area contributed by atoms with Crippen LogP contribution >= 0.6 is 0 Å². The van der Waals surface area contributed by atoms with Crippen LogP contribution in [0.1, 0.15) is 16.7 Å². The van der Waals surface area contributed by atoms with Crippen molar-refractivity contribution in [1.82, 2.24) is 0 Å². The Morgan fingerprint density at radius 2 is 1.56 bits per heavy atom. The van der Waals surface area contributed by atoms with Gasteiger partial charge in [-0.25, -0.2) is 4.39 Å². The molecule has 0 aliphatic rings. The molecule has 0 heterocycles. The van der Waals surface area contributed by atoms with Gasteiger partial charge in [-0.3, -0.25) is 0 Å². The minimum atomic E-state index is -0.106. The second-order valence-corrected chi connectivity index (χ2v) is 4.07. The normalized spacial score (nSPS) is 10.4. The van der Waals surface area contributed by atoms with Gasteiger partial charge < -0.3 is 0 Å². The van der Waals surface area contributed by atoms with Gasteiger partial charge in [0.2, 0.25) is 0 Å². The first kappa shape index (κ1) is 10.9. The van der Waals surface area contributed by atoms with E-state index in [4.69, 9.17) is 0 Å². The molecule has 0 aliphatic heterocycles. The molecular formula is C15H15F. The average Bonchev–Trinajstić information content (AvgIpc) is 2.32. The van der Waals surface area contributed by atoms with E-state index in [0.717, 1.165) is 18.4 Å². The summed E-state index contributed by atoms with van der Waals surface area (Å²) in [7, 11) is 0. The van der Waals surface area contributed by atoms with Crippen LogP contribution in [0.5, 0.6) is 0 Å². The lowest BCUT2D eigenvalue weighted by Crippen LogP contribution is -1.93. The van der Waals surface area contributed by atoms with Crippen molar-refractivity contribution in [3.05, 3.63) is 71.0 Å². The standard InChI is InChI=1S/C15H15F/c1-12-7-8-14(11-15(12)16)10-9-13-5-3-2-4-6-13/h2-8,11H,9-10H2,1H3. The van der Waals surface area contributed by atoms with Gasteiger partial charge in [-0.1, -0.05) is 42.5 Å². The lowest BCUT2D eigenvalue weighted by atomic mass is 10.0. The van der Waals surface area contributed by atoms with Crippen LogP contribution in [-0.2, 0) is 12.8 Å². The highest BCUT2D eigenvalue weighted by Crippen LogP contribution is 2.12. The molecule has 0 bridgehead atoms. The van der Waals surface area contributed by atoms with Crippen molar-refractivity contribution in [2.24, 2.45) is 0 Å². The maximum Gasteiger partial charge on any atom is 0.126 e. The second kappa shape index (κ2) is 4.93. The van der Waals surface area contributed by atoms with Gasteiger partial charge in [0.25, 0.3) is 0 Å². The van der Waals surface area contributed by atoms with Crippen LogP contribution in [0, 0.1) is 12.7 Å². The number of hydrogen-bond donors (Lipinski definition) is 0. The van der Waals surface area contributed by atoms with Gasteiger partial charge in [0.1, 0.15) is 5.82 Å². The van der Waals surface area contributed by atoms with Gasteiger partial charge in [-0.05, 0) is 42.5 Å². The molecule has 0 radical (unpaired) electrons. The minimum absolute atomic E-state index is 0.106. The van der Waals surface area contributed by atoms with Gasteiger partial charge in [-0.2, -0.15) is 0 Å². The van der Waals surface area contributed by atoms with E-state index in [2.05, 4.69) is 12.1 Å². The topological polar surface area (TPSA) is 0 Å². The first-order chi connectivity index (χ1) is 7.75. The molecular weight excluding hydrogens is 199 g/mol. The summed E-state index contributed by atoms with van der Waals surface area (Å²) < 4.78 is 13.3. The molecule has 0 spiro atoms. The minimum Gasteiger partial charge on any atom is -0.207 e. The molecule has 2 aromatic carbocycles. The van der Waals surface area contributed by atoms with Crippen LogP contribution in [0.4, 0.5) is 4.39 Å². The van der Waals surface area contributed by atoms with E-state index in [1.165, 1.54) is 5.56 Å². The van der Waals surface area contributed by atoms with Crippen LogP contribution in [0.15, 0.2) is 48.5 Å². The van der Waals surface area contributed by atoms with Crippen LogP contribution in [-0.4, -0.2) is 0 Å². The second-order valence-electron chi connectivity index (χ2n) is 4.07. The van der Waals surface area contributed by atoms with Gasteiger partial charge in [0.05, 0.1) is 0 Å². The third-order valence-corrected chi connectivity index (χ3v) is 2.78. The first-order valence-electron chi connectivity index (χ1n) is 5.54. The van der Waals surface area contributed by atoms with E-state index in [0.29, 0.717) is 5.56 Å². The molecule has 0 atom stereocenters. The Morgan fingerprint density at radius 3 is 2.25 bits per heavy atom. The Labute approximate surface area is 95.7 Å². The van der Waals surface area contributed by atoms with Gasteiger partial charge in [0, 0.05) is 0 Å². The van der Waals surface area contributed by atoms with E-state index in [1.54, 1.807) is 13.0 Å². The van der Waals surface area contributed by atoms with E-state index < -0.39 is 0 Å². The van der Waals surface area contributed by atoms with E-state index >= 15 is 0 Å². The van der Waals surface area contributed by atoms with Gasteiger partial charge >= 0.3 is 0 Å². The maximum absolute atomic E-state index is 13.3. The molecule has 1 heteroatoms. The fraction of sp³-hybridized carbons (Fsp3) is 0.200. The fourth-order valence-electron chi connectivity index (χ4n) is 1.73. The molecule has 0 unspecified atom stereocenters. The van der Waals surface area contributed by atoms with Gasteiger partial charge in [0.15, 0.2) is 0 Å². The van der Waals surface area contributed by atoms with E-state index in [1.807, 2.05) is 30.3 Å². The molecule has 0 aliphatic carbocycles. The van der Waals surface area contributed by atoms with Crippen LogP contribution in [0.3, 0.4) is 0 Å². The summed E-state index contributed by atoms with van der Waals surface area (Å²) in [6.45, 7) is 1.79. The summed E-state index contributed by atoms with van der Waals surface area (Å²) in [5, 5.41) is 0. The Morgan fingerprint density at radius 1 is 0.875 bits per heavy atom. The smallest absolute Gasteiger partial charge is 0.126 e. The highest BCUT2D eigenvalue weighted by Gasteiger charge is 2.00. The van der Waals surface area contributed by atoms with Crippen molar-refractivity contribution in [1.29, 1.82) is 0 Å². The van der Waals surface area contributed by atoms with Crippen molar-refractivity contribution in [2.45, 2.75) is 19.8 Å². The summed E-state index contributed by atoms with van der Waals surface area (Å²) in [4.78, 5) is 0. The van der Waals surface area contributed by atoms with E-state index in [-0.39, 0.29) is 5.82 Å². The van der Waals surface area contributed by atoms with Crippen molar-refractivity contribution in [2.75, 3.05) is 0 Å². The zero-order valence-corrected chi connectivity index (χ0v) is 9.41. The highest BCUT2D eigenvalue weighted by molar-refractivity contribution is 5.25.